The van der Waals surface area contributed by atoms with Crippen molar-refractivity contribution in [1.29, 1.82) is 0 Å². The van der Waals surface area contributed by atoms with Crippen LogP contribution in [0.5, 0.6) is 0 Å². The number of fused-ring (bicyclic) bond motifs is 1. The molecule has 0 saturated heterocycles. The summed E-state index contributed by atoms with van der Waals surface area (Å²) < 4.78 is 1.91. The fourth-order valence-corrected chi connectivity index (χ4v) is 1.81. The third-order valence-electron chi connectivity index (χ3n) is 2.64. The van der Waals surface area contributed by atoms with E-state index >= 15 is 0 Å². The zero-order valence-electron chi connectivity index (χ0n) is 7.81. The minimum Gasteiger partial charge on any atom is -0.476 e. The quantitative estimate of drug-likeness (QED) is 0.701. The van der Waals surface area contributed by atoms with Gasteiger partial charge in [-0.1, -0.05) is 0 Å². The molecule has 0 bridgehead atoms. The van der Waals surface area contributed by atoms with Crippen LogP contribution in [0, 0.1) is 5.92 Å². The average Bonchev–Trinajstić information content (AvgIpc) is 2.59. The van der Waals surface area contributed by atoms with E-state index in [1.165, 1.54) is 0 Å². The molecule has 5 heteroatoms. The molecule has 0 radical (unpaired) electrons. The van der Waals surface area contributed by atoms with E-state index in [4.69, 9.17) is 10.8 Å². The van der Waals surface area contributed by atoms with E-state index in [0.29, 0.717) is 12.5 Å². The summed E-state index contributed by atoms with van der Waals surface area (Å²) >= 11 is 0. The summed E-state index contributed by atoms with van der Waals surface area (Å²) in [5, 5.41) is 8.76. The van der Waals surface area contributed by atoms with Crippen LogP contribution in [0.1, 0.15) is 22.7 Å². The van der Waals surface area contributed by atoms with Gasteiger partial charge in [-0.2, -0.15) is 0 Å². The number of aromatic carboxylic acids is 1. The number of imidazole rings is 1. The highest BCUT2D eigenvalue weighted by Crippen LogP contribution is 2.19. The number of nitrogens with two attached hydrogens (primary N) is 1. The monoisotopic (exact) mass is 195 g/mol. The number of hydrogen-bond donors (Lipinski definition) is 2. The SMILES string of the molecule is NCC1CCc2nc(C(=O)O)cn2C1. The fraction of sp³-hybridized carbons (Fsp3) is 0.556. The van der Waals surface area contributed by atoms with Gasteiger partial charge in [0, 0.05) is 19.2 Å². The standard InChI is InChI=1S/C9H13N3O2/c10-3-6-1-2-8-11-7(9(13)14)5-12(8)4-6/h5-6H,1-4,10H2,(H,13,14). The van der Waals surface area contributed by atoms with Crippen molar-refractivity contribution in [2.45, 2.75) is 19.4 Å². The van der Waals surface area contributed by atoms with Gasteiger partial charge in [-0.3, -0.25) is 0 Å². The van der Waals surface area contributed by atoms with E-state index in [9.17, 15) is 4.79 Å². The lowest BCUT2D eigenvalue weighted by Crippen LogP contribution is -2.25. The van der Waals surface area contributed by atoms with Crippen molar-refractivity contribution < 1.29 is 9.90 Å². The largest absolute Gasteiger partial charge is 0.476 e. The molecule has 3 N–H and O–H groups in total. The van der Waals surface area contributed by atoms with Crippen molar-refractivity contribution in [3.8, 4) is 0 Å². The molecule has 0 aromatic carbocycles. The van der Waals surface area contributed by atoms with Crippen LogP contribution in [-0.4, -0.2) is 27.2 Å². The van der Waals surface area contributed by atoms with E-state index in [1.54, 1.807) is 6.20 Å². The Morgan fingerprint density at radius 1 is 1.79 bits per heavy atom. The highest BCUT2D eigenvalue weighted by molar-refractivity contribution is 5.85. The Balaban J connectivity index is 2.25. The highest BCUT2D eigenvalue weighted by Gasteiger charge is 2.20. The molecule has 0 fully saturated rings. The highest BCUT2D eigenvalue weighted by atomic mass is 16.4. The molecule has 0 spiro atoms. The van der Waals surface area contributed by atoms with Crippen LogP contribution < -0.4 is 5.73 Å². The summed E-state index contributed by atoms with van der Waals surface area (Å²) in [6.45, 7) is 1.45. The Labute approximate surface area is 81.5 Å². The van der Waals surface area contributed by atoms with Crippen molar-refractivity contribution in [3.05, 3.63) is 17.7 Å². The van der Waals surface area contributed by atoms with Crippen LogP contribution in [0.3, 0.4) is 0 Å². The summed E-state index contributed by atoms with van der Waals surface area (Å²) in [6, 6.07) is 0. The zero-order chi connectivity index (χ0) is 10.1. The molecule has 1 aromatic heterocycles. The first kappa shape index (κ1) is 9.21. The topological polar surface area (TPSA) is 81.1 Å². The first-order valence-electron chi connectivity index (χ1n) is 4.70. The van der Waals surface area contributed by atoms with E-state index in [2.05, 4.69) is 4.98 Å². The Morgan fingerprint density at radius 3 is 3.21 bits per heavy atom. The number of nitrogens with zero attached hydrogens (tertiary/aromatic N) is 2. The van der Waals surface area contributed by atoms with Crippen molar-refractivity contribution in [3.63, 3.8) is 0 Å². The molecule has 0 amide bonds. The molecule has 1 aliphatic rings. The van der Waals surface area contributed by atoms with Crippen LogP contribution in [0.25, 0.3) is 0 Å². The second-order valence-electron chi connectivity index (χ2n) is 3.64. The Hall–Kier alpha value is -1.36. The maximum absolute atomic E-state index is 10.7. The van der Waals surface area contributed by atoms with E-state index < -0.39 is 5.97 Å². The molecule has 2 rings (SSSR count). The maximum Gasteiger partial charge on any atom is 0.356 e. The number of hydrogen-bond acceptors (Lipinski definition) is 3. The van der Waals surface area contributed by atoms with Gasteiger partial charge in [-0.15, -0.1) is 0 Å². The van der Waals surface area contributed by atoms with E-state index in [-0.39, 0.29) is 5.69 Å². The number of carboxylic acids is 1. The van der Waals surface area contributed by atoms with Crippen LogP contribution in [0.15, 0.2) is 6.20 Å². The van der Waals surface area contributed by atoms with Gasteiger partial charge in [-0.25, -0.2) is 9.78 Å². The zero-order valence-corrected chi connectivity index (χ0v) is 7.81. The van der Waals surface area contributed by atoms with Crippen molar-refractivity contribution in [2.24, 2.45) is 11.7 Å². The first-order valence-corrected chi connectivity index (χ1v) is 4.70. The fourth-order valence-electron chi connectivity index (χ4n) is 1.81. The van der Waals surface area contributed by atoms with Gasteiger partial charge in [-0.05, 0) is 18.9 Å². The summed E-state index contributed by atoms with van der Waals surface area (Å²) in [4.78, 5) is 14.7. The number of rotatable bonds is 2. The lowest BCUT2D eigenvalue weighted by atomic mass is 10.00. The second kappa shape index (κ2) is 3.42. The third-order valence-corrected chi connectivity index (χ3v) is 2.64. The summed E-state index contributed by atoms with van der Waals surface area (Å²) in [5.74, 6) is 0.363. The van der Waals surface area contributed by atoms with Crippen LogP contribution in [0.2, 0.25) is 0 Å². The molecule has 1 aliphatic heterocycles. The molecule has 76 valence electrons. The second-order valence-corrected chi connectivity index (χ2v) is 3.64. The first-order chi connectivity index (χ1) is 6.70. The average molecular weight is 195 g/mol. The summed E-state index contributed by atoms with van der Waals surface area (Å²) in [6.07, 6.45) is 3.43. The molecular formula is C9H13N3O2. The number of aryl methyl sites for hydroxylation is 1. The molecule has 5 nitrogen and oxygen atoms in total. The van der Waals surface area contributed by atoms with Crippen LogP contribution >= 0.6 is 0 Å². The van der Waals surface area contributed by atoms with Crippen LogP contribution in [0.4, 0.5) is 0 Å². The predicted octanol–water partition coefficient (Wildman–Crippen LogP) is 0.102. The smallest absolute Gasteiger partial charge is 0.356 e. The predicted molar refractivity (Wildman–Crippen MR) is 50.1 cm³/mol. The van der Waals surface area contributed by atoms with Gasteiger partial charge in [0.2, 0.25) is 0 Å². The molecular weight excluding hydrogens is 182 g/mol. The van der Waals surface area contributed by atoms with Crippen molar-refractivity contribution in [1.82, 2.24) is 9.55 Å². The number of aromatic nitrogens is 2. The molecule has 1 unspecified atom stereocenters. The number of carbonyl (C=O) groups is 1. The normalized spacial score (nSPS) is 20.5. The van der Waals surface area contributed by atoms with E-state index in [0.717, 1.165) is 25.2 Å². The van der Waals surface area contributed by atoms with Gasteiger partial charge in [0.1, 0.15) is 5.82 Å². The van der Waals surface area contributed by atoms with Gasteiger partial charge in [0.05, 0.1) is 0 Å². The van der Waals surface area contributed by atoms with Crippen molar-refractivity contribution >= 4 is 5.97 Å². The van der Waals surface area contributed by atoms with Gasteiger partial charge >= 0.3 is 5.97 Å². The van der Waals surface area contributed by atoms with Crippen molar-refractivity contribution in [2.75, 3.05) is 6.54 Å². The number of carboxylic acid groups (broad SMARTS) is 1. The van der Waals surface area contributed by atoms with E-state index in [1.807, 2.05) is 4.57 Å². The Kier molecular flexibility index (Phi) is 2.25. The minimum atomic E-state index is -0.962. The molecule has 1 atom stereocenters. The lowest BCUT2D eigenvalue weighted by molar-refractivity contribution is 0.0691. The minimum absolute atomic E-state index is 0.137. The summed E-state index contributed by atoms with van der Waals surface area (Å²) in [5.41, 5.74) is 5.71. The molecule has 2 heterocycles. The molecule has 1 aromatic rings. The van der Waals surface area contributed by atoms with Gasteiger partial charge in [0.25, 0.3) is 0 Å². The van der Waals surface area contributed by atoms with Gasteiger partial charge in [0.15, 0.2) is 5.69 Å². The Bertz CT molecular complexity index is 359. The maximum atomic E-state index is 10.7. The molecule has 0 saturated carbocycles. The molecule has 14 heavy (non-hydrogen) atoms. The summed E-state index contributed by atoms with van der Waals surface area (Å²) in [7, 11) is 0. The third kappa shape index (κ3) is 1.50. The molecule has 0 aliphatic carbocycles. The van der Waals surface area contributed by atoms with Gasteiger partial charge < -0.3 is 15.4 Å². The lowest BCUT2D eigenvalue weighted by Gasteiger charge is -2.21. The van der Waals surface area contributed by atoms with Crippen LogP contribution in [-0.2, 0) is 13.0 Å². The Morgan fingerprint density at radius 2 is 2.57 bits per heavy atom.